The van der Waals surface area contributed by atoms with Gasteiger partial charge in [0.2, 0.25) is 5.89 Å². The van der Waals surface area contributed by atoms with Crippen molar-refractivity contribution >= 4 is 17.8 Å². The van der Waals surface area contributed by atoms with Crippen LogP contribution in [0.15, 0.2) is 71.4 Å². The molecule has 2 aromatic heterocycles. The van der Waals surface area contributed by atoms with Gasteiger partial charge in [-0.05, 0) is 48.7 Å². The fourth-order valence-electron chi connectivity index (χ4n) is 4.59. The highest BCUT2D eigenvalue weighted by molar-refractivity contribution is 5.91. The van der Waals surface area contributed by atoms with Crippen molar-refractivity contribution in [1.82, 2.24) is 30.2 Å². The number of carbonyl (C=O) groups excluding carboxylic acids is 2. The van der Waals surface area contributed by atoms with Crippen LogP contribution in [0.5, 0.6) is 0 Å². The van der Waals surface area contributed by atoms with E-state index in [1.54, 1.807) is 17.8 Å². The van der Waals surface area contributed by atoms with Gasteiger partial charge in [0.1, 0.15) is 6.04 Å². The lowest BCUT2D eigenvalue weighted by Gasteiger charge is -2.27. The molecule has 3 heterocycles. The molecule has 5 rings (SSSR count). The highest BCUT2D eigenvalue weighted by Gasteiger charge is 2.43. The van der Waals surface area contributed by atoms with E-state index in [1.165, 1.54) is 4.90 Å². The first-order chi connectivity index (χ1) is 18.9. The number of aromatic nitrogens is 4. The molecule has 2 aromatic carbocycles. The zero-order valence-electron chi connectivity index (χ0n) is 21.4. The zero-order valence-corrected chi connectivity index (χ0v) is 21.4. The number of hydrogen-bond donors (Lipinski definition) is 4. The van der Waals surface area contributed by atoms with Crippen LogP contribution in [0, 0.1) is 0 Å². The Hall–Kier alpha value is -4.55. The number of benzene rings is 2. The number of rotatable bonds is 9. The molecule has 4 atom stereocenters. The lowest BCUT2D eigenvalue weighted by molar-refractivity contribution is -0.154. The van der Waals surface area contributed by atoms with E-state index in [9.17, 15) is 19.8 Å². The number of aliphatic hydroxyl groups is 2. The van der Waals surface area contributed by atoms with Crippen LogP contribution in [0.2, 0.25) is 0 Å². The zero-order chi connectivity index (χ0) is 27.5. The Morgan fingerprint density at radius 2 is 1.85 bits per heavy atom. The Bertz CT molecular complexity index is 1440. The molecule has 39 heavy (non-hydrogen) atoms. The average Bonchev–Trinajstić information content (AvgIpc) is 3.72. The van der Waals surface area contributed by atoms with E-state index in [1.807, 2.05) is 67.7 Å². The van der Waals surface area contributed by atoms with Crippen LogP contribution >= 0.6 is 0 Å². The number of amides is 2. The molecular weight excluding hydrogens is 502 g/mol. The summed E-state index contributed by atoms with van der Waals surface area (Å²) in [5.74, 6) is -1.55. The van der Waals surface area contributed by atoms with E-state index >= 15 is 0 Å². The van der Waals surface area contributed by atoms with Crippen molar-refractivity contribution in [2.45, 2.75) is 44.7 Å². The van der Waals surface area contributed by atoms with Crippen molar-refractivity contribution in [3.05, 3.63) is 89.6 Å². The Morgan fingerprint density at radius 1 is 1.08 bits per heavy atom. The molecular formula is C27H29N7O5. The van der Waals surface area contributed by atoms with Gasteiger partial charge in [0.05, 0.1) is 11.7 Å². The largest absolute Gasteiger partial charge is 0.405 e. The third-order valence-electron chi connectivity index (χ3n) is 6.63. The van der Waals surface area contributed by atoms with Gasteiger partial charge in [-0.3, -0.25) is 9.59 Å². The van der Waals surface area contributed by atoms with Crippen molar-refractivity contribution in [2.24, 2.45) is 0 Å². The molecule has 12 heteroatoms. The highest BCUT2D eigenvalue weighted by atomic mass is 16.4. The van der Waals surface area contributed by atoms with Gasteiger partial charge in [-0.25, -0.2) is 4.68 Å². The first-order valence-corrected chi connectivity index (χ1v) is 12.6. The summed E-state index contributed by atoms with van der Waals surface area (Å²) >= 11 is 0. The first kappa shape index (κ1) is 26.1. The molecule has 0 saturated carbocycles. The summed E-state index contributed by atoms with van der Waals surface area (Å²) in [6.07, 6.45) is -0.505. The van der Waals surface area contributed by atoms with Crippen molar-refractivity contribution in [3.8, 4) is 5.69 Å². The monoisotopic (exact) mass is 531 g/mol. The molecule has 1 aliphatic heterocycles. The minimum absolute atomic E-state index is 0.142. The molecule has 0 bridgehead atoms. The topological polar surface area (TPSA) is 159 Å². The van der Waals surface area contributed by atoms with Gasteiger partial charge in [-0.1, -0.05) is 41.5 Å². The predicted molar refractivity (Wildman–Crippen MR) is 139 cm³/mol. The SMILES string of the molecule is CCNc1nnc([C@H]2c3ccccc3CN2C(=O)[C@H](O)[C@@H](O)C(=O)N[C@H](C)c2ccc(-n3cccn3)cc2)o1. The minimum Gasteiger partial charge on any atom is -0.405 e. The molecule has 0 saturated heterocycles. The average molecular weight is 532 g/mol. The summed E-state index contributed by atoms with van der Waals surface area (Å²) in [4.78, 5) is 27.6. The Balaban J connectivity index is 1.28. The number of anilines is 1. The summed E-state index contributed by atoms with van der Waals surface area (Å²) in [6.45, 7) is 4.33. The number of aliphatic hydroxyl groups excluding tert-OH is 2. The lowest BCUT2D eigenvalue weighted by atomic mass is 10.0. The second-order valence-corrected chi connectivity index (χ2v) is 9.21. The van der Waals surface area contributed by atoms with Gasteiger partial charge in [0.15, 0.2) is 12.2 Å². The second-order valence-electron chi connectivity index (χ2n) is 9.21. The standard InChI is InChI=1S/C27H29N7O5/c1-3-28-27-32-31-25(39-27)21-20-8-5-4-7-18(20)15-33(21)26(38)23(36)22(35)24(37)30-16(2)17-9-11-19(12-10-17)34-14-6-13-29-34/h4-14,16,21-23,35-36H,3,15H2,1-2H3,(H,28,32)(H,30,37)/t16-,21-,22-,23-/m1/s1. The van der Waals surface area contributed by atoms with Gasteiger partial charge in [-0.15, -0.1) is 5.10 Å². The molecule has 0 aliphatic carbocycles. The molecule has 0 spiro atoms. The molecule has 0 fully saturated rings. The Kier molecular flexibility index (Phi) is 7.39. The van der Waals surface area contributed by atoms with E-state index in [0.717, 1.165) is 22.4 Å². The smallest absolute Gasteiger partial charge is 0.315 e. The summed E-state index contributed by atoms with van der Waals surface area (Å²) in [7, 11) is 0. The van der Waals surface area contributed by atoms with Gasteiger partial charge >= 0.3 is 6.01 Å². The quantitative estimate of drug-likeness (QED) is 0.252. The predicted octanol–water partition coefficient (Wildman–Crippen LogP) is 1.72. The molecule has 1 aliphatic rings. The molecule has 12 nitrogen and oxygen atoms in total. The van der Waals surface area contributed by atoms with Crippen LogP contribution in [-0.4, -0.2) is 65.7 Å². The molecule has 4 aromatic rings. The molecule has 2 amide bonds. The molecule has 0 unspecified atom stereocenters. The summed E-state index contributed by atoms with van der Waals surface area (Å²) in [5, 5.41) is 39.2. The van der Waals surface area contributed by atoms with Gasteiger partial charge in [0, 0.05) is 25.5 Å². The van der Waals surface area contributed by atoms with E-state index in [2.05, 4.69) is 25.9 Å². The van der Waals surface area contributed by atoms with Crippen molar-refractivity contribution in [2.75, 3.05) is 11.9 Å². The number of nitrogens with zero attached hydrogens (tertiary/aromatic N) is 5. The van der Waals surface area contributed by atoms with E-state index in [-0.39, 0.29) is 18.5 Å². The number of nitrogens with one attached hydrogen (secondary N) is 2. The number of fused-ring (bicyclic) bond motifs is 1. The highest BCUT2D eigenvalue weighted by Crippen LogP contribution is 2.38. The van der Waals surface area contributed by atoms with E-state index in [4.69, 9.17) is 4.42 Å². The number of hydrogen-bond acceptors (Lipinski definition) is 9. The minimum atomic E-state index is -2.01. The van der Waals surface area contributed by atoms with Crippen LogP contribution in [0.25, 0.3) is 5.69 Å². The molecule has 0 radical (unpaired) electrons. The summed E-state index contributed by atoms with van der Waals surface area (Å²) < 4.78 is 7.42. The number of carbonyl (C=O) groups is 2. The third-order valence-corrected chi connectivity index (χ3v) is 6.63. The Morgan fingerprint density at radius 3 is 2.56 bits per heavy atom. The Labute approximate surface area is 224 Å². The first-order valence-electron chi connectivity index (χ1n) is 12.6. The third kappa shape index (κ3) is 5.24. The maximum atomic E-state index is 13.4. The van der Waals surface area contributed by atoms with Crippen LogP contribution in [0.1, 0.15) is 48.5 Å². The fourth-order valence-corrected chi connectivity index (χ4v) is 4.59. The van der Waals surface area contributed by atoms with Crippen LogP contribution in [0.3, 0.4) is 0 Å². The van der Waals surface area contributed by atoms with Crippen LogP contribution < -0.4 is 10.6 Å². The summed E-state index contributed by atoms with van der Waals surface area (Å²) in [6, 6.07) is 15.5. The fraction of sp³-hybridized carbons (Fsp3) is 0.296. The molecule has 4 N–H and O–H groups in total. The maximum Gasteiger partial charge on any atom is 0.315 e. The van der Waals surface area contributed by atoms with E-state index < -0.39 is 36.1 Å². The lowest BCUT2D eigenvalue weighted by Crippen LogP contribution is -2.50. The molecule has 202 valence electrons. The van der Waals surface area contributed by atoms with Crippen molar-refractivity contribution in [1.29, 1.82) is 0 Å². The second kappa shape index (κ2) is 11.1. The van der Waals surface area contributed by atoms with Crippen LogP contribution in [0.4, 0.5) is 6.01 Å². The van der Waals surface area contributed by atoms with Gasteiger partial charge in [0.25, 0.3) is 11.8 Å². The summed E-state index contributed by atoms with van der Waals surface area (Å²) in [5.41, 5.74) is 3.21. The van der Waals surface area contributed by atoms with Gasteiger partial charge < -0.3 is 30.2 Å². The van der Waals surface area contributed by atoms with Crippen LogP contribution in [-0.2, 0) is 16.1 Å². The normalized spacial score (nSPS) is 16.8. The maximum absolute atomic E-state index is 13.4. The van der Waals surface area contributed by atoms with Crippen molar-refractivity contribution < 1.29 is 24.2 Å². The van der Waals surface area contributed by atoms with E-state index in [0.29, 0.717) is 6.54 Å². The van der Waals surface area contributed by atoms with Crippen molar-refractivity contribution in [3.63, 3.8) is 0 Å². The van der Waals surface area contributed by atoms with Gasteiger partial charge in [-0.2, -0.15) is 5.10 Å².